The number of anilines is 1. The molecule has 3 aromatic rings. The van der Waals surface area contributed by atoms with Crippen LogP contribution in [0.3, 0.4) is 0 Å². The number of fused-ring (bicyclic) bond motifs is 1. The largest absolute Gasteiger partial charge is 0.457 e. The van der Waals surface area contributed by atoms with Gasteiger partial charge in [0.25, 0.3) is 0 Å². The first-order valence-corrected chi connectivity index (χ1v) is 9.49. The van der Waals surface area contributed by atoms with E-state index in [9.17, 15) is 14.4 Å². The molecular formula is C24H19NO5. The lowest BCUT2D eigenvalue weighted by molar-refractivity contribution is -0.116. The zero-order valence-corrected chi connectivity index (χ0v) is 16.3. The molecule has 0 saturated carbocycles. The highest BCUT2D eigenvalue weighted by Crippen LogP contribution is 2.32. The van der Waals surface area contributed by atoms with Gasteiger partial charge in [0.05, 0.1) is 11.5 Å². The van der Waals surface area contributed by atoms with Crippen LogP contribution in [0.5, 0.6) is 11.5 Å². The number of benzene rings is 3. The first kappa shape index (κ1) is 19.4. The van der Waals surface area contributed by atoms with E-state index in [1.807, 2.05) is 30.3 Å². The van der Waals surface area contributed by atoms with Crippen LogP contribution in [-0.2, 0) is 9.53 Å². The molecule has 0 radical (unpaired) electrons. The standard InChI is InChI=1S/C24H19NO5/c1-15-20-13-16(10-11-21(20)25-23(15)27)22(26)14-29-24(28)17-6-5-9-19(12-17)30-18-7-3-2-4-8-18/h2-13,15H,14H2,1H3,(H,25,27)/t15-/m0/s1. The molecule has 1 amide bonds. The molecule has 0 aliphatic carbocycles. The molecule has 4 rings (SSSR count). The minimum atomic E-state index is -0.617. The van der Waals surface area contributed by atoms with Crippen LogP contribution in [0.2, 0.25) is 0 Å². The lowest BCUT2D eigenvalue weighted by Gasteiger charge is -2.09. The third-order valence-corrected chi connectivity index (χ3v) is 4.87. The molecule has 0 bridgehead atoms. The molecule has 1 aliphatic heterocycles. The summed E-state index contributed by atoms with van der Waals surface area (Å²) in [4.78, 5) is 36.6. The van der Waals surface area contributed by atoms with Crippen molar-refractivity contribution >= 4 is 23.3 Å². The molecule has 3 aromatic carbocycles. The van der Waals surface area contributed by atoms with Gasteiger partial charge in [-0.05, 0) is 61.0 Å². The molecule has 0 saturated heterocycles. The van der Waals surface area contributed by atoms with Gasteiger partial charge in [-0.1, -0.05) is 24.3 Å². The van der Waals surface area contributed by atoms with Gasteiger partial charge in [-0.25, -0.2) is 4.79 Å². The molecule has 0 fully saturated rings. The molecule has 30 heavy (non-hydrogen) atoms. The molecule has 6 heteroatoms. The number of para-hydroxylation sites is 1. The SMILES string of the molecule is C[C@@H]1C(=O)Nc2ccc(C(=O)COC(=O)c3cccc(Oc4ccccc4)c3)cc21. The third-order valence-electron chi connectivity index (χ3n) is 4.87. The maximum Gasteiger partial charge on any atom is 0.338 e. The Morgan fingerprint density at radius 1 is 0.900 bits per heavy atom. The number of ketones is 1. The Labute approximate surface area is 173 Å². The van der Waals surface area contributed by atoms with E-state index in [0.29, 0.717) is 22.7 Å². The predicted octanol–water partition coefficient (Wildman–Crippen LogP) is 4.57. The number of Topliss-reactive ketones (excluding diaryl/α,β-unsaturated/α-hetero) is 1. The summed E-state index contributed by atoms with van der Waals surface area (Å²) >= 11 is 0. The van der Waals surface area contributed by atoms with E-state index in [-0.39, 0.29) is 23.2 Å². The van der Waals surface area contributed by atoms with E-state index in [1.165, 1.54) is 0 Å². The van der Waals surface area contributed by atoms with Gasteiger partial charge in [0.2, 0.25) is 5.91 Å². The number of hydrogen-bond donors (Lipinski definition) is 1. The van der Waals surface area contributed by atoms with Crippen LogP contribution in [0, 0.1) is 0 Å². The van der Waals surface area contributed by atoms with E-state index in [2.05, 4.69) is 5.32 Å². The molecule has 0 aromatic heterocycles. The lowest BCUT2D eigenvalue weighted by atomic mass is 9.99. The summed E-state index contributed by atoms with van der Waals surface area (Å²) in [6.45, 7) is 1.39. The summed E-state index contributed by atoms with van der Waals surface area (Å²) in [6.07, 6.45) is 0. The zero-order valence-electron chi connectivity index (χ0n) is 16.3. The van der Waals surface area contributed by atoms with E-state index < -0.39 is 12.6 Å². The van der Waals surface area contributed by atoms with Gasteiger partial charge < -0.3 is 14.8 Å². The Morgan fingerprint density at radius 3 is 2.47 bits per heavy atom. The fourth-order valence-corrected chi connectivity index (χ4v) is 3.20. The Hall–Kier alpha value is -3.93. The molecule has 1 aliphatic rings. The van der Waals surface area contributed by atoms with E-state index in [0.717, 1.165) is 5.56 Å². The molecule has 1 heterocycles. The van der Waals surface area contributed by atoms with Gasteiger partial charge in [0.1, 0.15) is 11.5 Å². The first-order chi connectivity index (χ1) is 14.5. The second kappa shape index (κ2) is 8.21. The average molecular weight is 401 g/mol. The Bertz CT molecular complexity index is 1120. The van der Waals surface area contributed by atoms with Crippen LogP contribution in [0.1, 0.15) is 39.1 Å². The quantitative estimate of drug-likeness (QED) is 0.483. The molecule has 0 spiro atoms. The smallest absolute Gasteiger partial charge is 0.338 e. The summed E-state index contributed by atoms with van der Waals surface area (Å²) in [5, 5.41) is 2.76. The van der Waals surface area contributed by atoms with Gasteiger partial charge in [-0.2, -0.15) is 0 Å². The Kier molecular flexibility index (Phi) is 5.30. The Balaban J connectivity index is 1.40. The summed E-state index contributed by atoms with van der Waals surface area (Å²) in [5.74, 6) is -0.229. The van der Waals surface area contributed by atoms with Gasteiger partial charge in [0.15, 0.2) is 12.4 Å². The van der Waals surface area contributed by atoms with Crippen molar-refractivity contribution < 1.29 is 23.9 Å². The van der Waals surface area contributed by atoms with Crippen molar-refractivity contribution in [2.45, 2.75) is 12.8 Å². The van der Waals surface area contributed by atoms with Gasteiger partial charge in [-0.3, -0.25) is 9.59 Å². The number of hydrogen-bond acceptors (Lipinski definition) is 5. The highest BCUT2D eigenvalue weighted by Gasteiger charge is 2.27. The van der Waals surface area contributed by atoms with Crippen LogP contribution in [0.25, 0.3) is 0 Å². The fraction of sp³-hybridized carbons (Fsp3) is 0.125. The summed E-state index contributed by atoms with van der Waals surface area (Å²) in [5.41, 5.74) is 2.15. The fourth-order valence-electron chi connectivity index (χ4n) is 3.20. The molecule has 6 nitrogen and oxygen atoms in total. The van der Waals surface area contributed by atoms with Crippen molar-refractivity contribution in [1.82, 2.24) is 0 Å². The number of carbonyl (C=O) groups is 3. The average Bonchev–Trinajstić information content (AvgIpc) is 3.05. The van der Waals surface area contributed by atoms with Gasteiger partial charge in [0, 0.05) is 11.3 Å². The monoisotopic (exact) mass is 401 g/mol. The van der Waals surface area contributed by atoms with E-state index in [1.54, 1.807) is 49.4 Å². The maximum atomic E-state index is 12.5. The maximum absolute atomic E-state index is 12.5. The summed E-state index contributed by atoms with van der Waals surface area (Å²) < 4.78 is 10.9. The zero-order chi connectivity index (χ0) is 21.1. The second-order valence-corrected chi connectivity index (χ2v) is 6.96. The molecular weight excluding hydrogens is 382 g/mol. The summed E-state index contributed by atoms with van der Waals surface area (Å²) in [6, 6.07) is 20.8. The normalized spacial score (nSPS) is 14.6. The van der Waals surface area contributed by atoms with Crippen molar-refractivity contribution in [3.8, 4) is 11.5 Å². The van der Waals surface area contributed by atoms with E-state index >= 15 is 0 Å². The number of amides is 1. The van der Waals surface area contributed by atoms with Crippen LogP contribution in [0.4, 0.5) is 5.69 Å². The first-order valence-electron chi connectivity index (χ1n) is 9.49. The van der Waals surface area contributed by atoms with Crippen molar-refractivity contribution in [2.24, 2.45) is 0 Å². The number of carbonyl (C=O) groups excluding carboxylic acids is 3. The Morgan fingerprint density at radius 2 is 1.67 bits per heavy atom. The topological polar surface area (TPSA) is 81.7 Å². The summed E-state index contributed by atoms with van der Waals surface area (Å²) in [7, 11) is 0. The number of rotatable bonds is 6. The molecule has 0 unspecified atom stereocenters. The highest BCUT2D eigenvalue weighted by atomic mass is 16.5. The number of esters is 1. The minimum Gasteiger partial charge on any atom is -0.457 e. The van der Waals surface area contributed by atoms with Crippen LogP contribution < -0.4 is 10.1 Å². The van der Waals surface area contributed by atoms with Crippen LogP contribution in [0.15, 0.2) is 72.8 Å². The van der Waals surface area contributed by atoms with Crippen molar-refractivity contribution in [3.05, 3.63) is 89.5 Å². The van der Waals surface area contributed by atoms with Gasteiger partial charge >= 0.3 is 5.97 Å². The predicted molar refractivity (Wildman–Crippen MR) is 111 cm³/mol. The van der Waals surface area contributed by atoms with Gasteiger partial charge in [-0.15, -0.1) is 0 Å². The number of nitrogens with one attached hydrogen (secondary N) is 1. The van der Waals surface area contributed by atoms with Crippen molar-refractivity contribution in [3.63, 3.8) is 0 Å². The van der Waals surface area contributed by atoms with Crippen molar-refractivity contribution in [2.75, 3.05) is 11.9 Å². The second-order valence-electron chi connectivity index (χ2n) is 6.96. The highest BCUT2D eigenvalue weighted by molar-refractivity contribution is 6.05. The van der Waals surface area contributed by atoms with Crippen LogP contribution >= 0.6 is 0 Å². The molecule has 1 atom stereocenters. The third kappa shape index (κ3) is 4.07. The number of ether oxygens (including phenoxy) is 2. The lowest BCUT2D eigenvalue weighted by Crippen LogP contribution is -2.14. The molecule has 1 N–H and O–H groups in total. The van der Waals surface area contributed by atoms with E-state index in [4.69, 9.17) is 9.47 Å². The molecule has 150 valence electrons. The van der Waals surface area contributed by atoms with Crippen molar-refractivity contribution in [1.29, 1.82) is 0 Å². The van der Waals surface area contributed by atoms with Crippen LogP contribution in [-0.4, -0.2) is 24.3 Å². The minimum absolute atomic E-state index is 0.0985.